The molecule has 28 heavy (non-hydrogen) atoms. The molecule has 7 nitrogen and oxygen atoms in total. The quantitative estimate of drug-likeness (QED) is 0.629. The molecule has 0 atom stereocenters. The second-order valence-corrected chi connectivity index (χ2v) is 8.02. The average molecular weight is 407 g/mol. The first-order valence-corrected chi connectivity index (χ1v) is 10.4. The molecule has 0 bridgehead atoms. The van der Waals surface area contributed by atoms with Gasteiger partial charge in [-0.1, -0.05) is 12.1 Å². The van der Waals surface area contributed by atoms with E-state index < -0.39 is 10.0 Å². The van der Waals surface area contributed by atoms with Crippen molar-refractivity contribution in [3.05, 3.63) is 53.6 Å². The lowest BCUT2D eigenvalue weighted by Gasteiger charge is -2.11. The molecule has 8 heteroatoms. The molecule has 0 aliphatic rings. The monoisotopic (exact) mass is 406 g/mol. The topological polar surface area (TPSA) is 93.7 Å². The van der Waals surface area contributed by atoms with Crippen molar-refractivity contribution in [1.82, 2.24) is 10.0 Å². The molecule has 0 fully saturated rings. The zero-order chi connectivity index (χ0) is 20.6. The van der Waals surface area contributed by atoms with Crippen molar-refractivity contribution >= 4 is 15.9 Å². The number of amides is 1. The minimum absolute atomic E-state index is 0.0613. The molecule has 0 aliphatic carbocycles. The summed E-state index contributed by atoms with van der Waals surface area (Å²) in [5.74, 6) is 1.44. The van der Waals surface area contributed by atoms with E-state index in [1.807, 2.05) is 18.2 Å². The van der Waals surface area contributed by atoms with Crippen LogP contribution in [0.1, 0.15) is 17.5 Å². The fraction of sp³-hybridized carbons (Fsp3) is 0.350. The summed E-state index contributed by atoms with van der Waals surface area (Å²) >= 11 is 0. The van der Waals surface area contributed by atoms with Crippen LogP contribution in [0.4, 0.5) is 0 Å². The predicted molar refractivity (Wildman–Crippen MR) is 107 cm³/mol. The number of nitrogens with one attached hydrogen (secondary N) is 2. The van der Waals surface area contributed by atoms with Crippen LogP contribution in [0.25, 0.3) is 0 Å². The normalized spacial score (nSPS) is 11.1. The van der Waals surface area contributed by atoms with Crippen molar-refractivity contribution in [2.45, 2.75) is 24.2 Å². The van der Waals surface area contributed by atoms with Crippen LogP contribution in [0.5, 0.6) is 11.5 Å². The molecule has 0 spiro atoms. The van der Waals surface area contributed by atoms with E-state index in [0.29, 0.717) is 25.8 Å². The highest BCUT2D eigenvalue weighted by atomic mass is 32.2. The van der Waals surface area contributed by atoms with Gasteiger partial charge in [0.25, 0.3) is 0 Å². The second-order valence-electron chi connectivity index (χ2n) is 6.13. The second kappa shape index (κ2) is 10.1. The lowest BCUT2D eigenvalue weighted by molar-refractivity contribution is -0.121. The maximum atomic E-state index is 12.1. The van der Waals surface area contributed by atoms with Crippen molar-refractivity contribution in [3.8, 4) is 11.5 Å². The van der Waals surface area contributed by atoms with Crippen LogP contribution >= 0.6 is 0 Å². The van der Waals surface area contributed by atoms with Gasteiger partial charge in [-0.05, 0) is 61.3 Å². The van der Waals surface area contributed by atoms with Gasteiger partial charge >= 0.3 is 0 Å². The molecule has 2 rings (SSSR count). The molecular formula is C20H26N2O5S. The largest absolute Gasteiger partial charge is 0.497 e. The third kappa shape index (κ3) is 5.97. The van der Waals surface area contributed by atoms with Gasteiger partial charge in [0.2, 0.25) is 15.9 Å². The summed E-state index contributed by atoms with van der Waals surface area (Å²) in [5.41, 5.74) is 1.86. The maximum Gasteiger partial charge on any atom is 0.240 e. The molecule has 2 aromatic carbocycles. The number of hydrogen-bond acceptors (Lipinski definition) is 5. The van der Waals surface area contributed by atoms with Gasteiger partial charge in [0.1, 0.15) is 11.5 Å². The van der Waals surface area contributed by atoms with Crippen molar-refractivity contribution in [3.63, 3.8) is 0 Å². The van der Waals surface area contributed by atoms with E-state index in [-0.39, 0.29) is 10.8 Å². The molecule has 0 aromatic heterocycles. The number of carbonyl (C=O) groups is 1. The first kappa shape index (κ1) is 21.7. The van der Waals surface area contributed by atoms with E-state index in [4.69, 9.17) is 9.47 Å². The molecule has 152 valence electrons. The summed E-state index contributed by atoms with van der Waals surface area (Å²) in [6, 6.07) is 12.1. The number of benzene rings is 2. The van der Waals surface area contributed by atoms with Crippen LogP contribution < -0.4 is 19.5 Å². The van der Waals surface area contributed by atoms with E-state index in [9.17, 15) is 13.2 Å². The standard InChI is InChI=1S/C20H26N2O5S/c1-21-28(24,25)18-8-4-15(5-9-18)6-11-20(23)22-13-12-16-14-17(26-2)7-10-19(16)27-3/h4-5,7-10,14,21H,6,11-13H2,1-3H3,(H,22,23). The number of sulfonamides is 1. The number of ether oxygens (including phenoxy) is 2. The highest BCUT2D eigenvalue weighted by molar-refractivity contribution is 7.89. The highest BCUT2D eigenvalue weighted by Crippen LogP contribution is 2.24. The number of rotatable bonds is 10. The molecule has 0 saturated heterocycles. The zero-order valence-corrected chi connectivity index (χ0v) is 17.1. The Hall–Kier alpha value is -2.58. The van der Waals surface area contributed by atoms with Gasteiger partial charge < -0.3 is 14.8 Å². The Bertz CT molecular complexity index is 895. The minimum Gasteiger partial charge on any atom is -0.497 e. The first-order chi connectivity index (χ1) is 13.4. The van der Waals surface area contributed by atoms with Gasteiger partial charge in [-0.2, -0.15) is 0 Å². The Labute approximate surface area is 166 Å². The molecular weight excluding hydrogens is 380 g/mol. The third-order valence-electron chi connectivity index (χ3n) is 4.35. The summed E-state index contributed by atoms with van der Waals surface area (Å²) < 4.78 is 36.2. The van der Waals surface area contributed by atoms with Crippen LogP contribution in [0.3, 0.4) is 0 Å². The third-order valence-corrected chi connectivity index (χ3v) is 5.78. The zero-order valence-electron chi connectivity index (χ0n) is 16.3. The molecule has 0 aliphatic heterocycles. The number of carbonyl (C=O) groups excluding carboxylic acids is 1. The molecule has 0 heterocycles. The number of hydrogen-bond donors (Lipinski definition) is 2. The molecule has 0 saturated carbocycles. The maximum absolute atomic E-state index is 12.1. The fourth-order valence-electron chi connectivity index (χ4n) is 2.71. The Morgan fingerprint density at radius 3 is 2.32 bits per heavy atom. The molecule has 1 amide bonds. The van der Waals surface area contributed by atoms with Crippen LogP contribution in [0, 0.1) is 0 Å². The van der Waals surface area contributed by atoms with E-state index in [1.54, 1.807) is 26.4 Å². The van der Waals surface area contributed by atoms with Crippen LogP contribution in [0.2, 0.25) is 0 Å². The Balaban J connectivity index is 1.82. The van der Waals surface area contributed by atoms with Crippen molar-refractivity contribution in [2.24, 2.45) is 0 Å². The van der Waals surface area contributed by atoms with Gasteiger partial charge in [0.05, 0.1) is 19.1 Å². The SMILES string of the molecule is CNS(=O)(=O)c1ccc(CCC(=O)NCCc2cc(OC)ccc2OC)cc1. The van der Waals surface area contributed by atoms with Crippen molar-refractivity contribution in [2.75, 3.05) is 27.8 Å². The summed E-state index contributed by atoms with van der Waals surface area (Å²) in [6.45, 7) is 0.488. The summed E-state index contributed by atoms with van der Waals surface area (Å²) in [4.78, 5) is 12.3. The van der Waals surface area contributed by atoms with Gasteiger partial charge in [0.15, 0.2) is 0 Å². The lowest BCUT2D eigenvalue weighted by Crippen LogP contribution is -2.26. The number of aryl methyl sites for hydroxylation is 1. The molecule has 2 N–H and O–H groups in total. The van der Waals surface area contributed by atoms with Crippen LogP contribution in [-0.4, -0.2) is 42.1 Å². The predicted octanol–water partition coefficient (Wildman–Crippen LogP) is 1.90. The fourth-order valence-corrected chi connectivity index (χ4v) is 3.44. The number of methoxy groups -OCH3 is 2. The molecule has 0 unspecified atom stereocenters. The van der Waals surface area contributed by atoms with Gasteiger partial charge in [-0.3, -0.25) is 4.79 Å². The van der Waals surface area contributed by atoms with Gasteiger partial charge in [-0.15, -0.1) is 0 Å². The van der Waals surface area contributed by atoms with Crippen molar-refractivity contribution in [1.29, 1.82) is 0 Å². The first-order valence-electron chi connectivity index (χ1n) is 8.89. The van der Waals surface area contributed by atoms with E-state index in [2.05, 4.69) is 10.0 Å². The van der Waals surface area contributed by atoms with Gasteiger partial charge in [-0.25, -0.2) is 13.1 Å². The summed E-state index contributed by atoms with van der Waals surface area (Å²) in [6.07, 6.45) is 1.49. The molecule has 0 radical (unpaired) electrons. The van der Waals surface area contributed by atoms with Gasteiger partial charge in [0, 0.05) is 13.0 Å². The Morgan fingerprint density at radius 2 is 1.71 bits per heavy atom. The minimum atomic E-state index is -3.44. The van der Waals surface area contributed by atoms with E-state index >= 15 is 0 Å². The van der Waals surface area contributed by atoms with Crippen LogP contribution in [0.15, 0.2) is 47.4 Å². The smallest absolute Gasteiger partial charge is 0.240 e. The summed E-state index contributed by atoms with van der Waals surface area (Å²) in [7, 11) is 1.14. The van der Waals surface area contributed by atoms with E-state index in [1.165, 1.54) is 19.2 Å². The van der Waals surface area contributed by atoms with Crippen LogP contribution in [-0.2, 0) is 27.7 Å². The lowest BCUT2D eigenvalue weighted by atomic mass is 10.1. The summed E-state index contributed by atoms with van der Waals surface area (Å²) in [5, 5.41) is 2.89. The molecule has 2 aromatic rings. The average Bonchev–Trinajstić information content (AvgIpc) is 2.72. The highest BCUT2D eigenvalue weighted by Gasteiger charge is 2.11. The Kier molecular flexibility index (Phi) is 7.83. The van der Waals surface area contributed by atoms with Crippen molar-refractivity contribution < 1.29 is 22.7 Å². The van der Waals surface area contributed by atoms with E-state index in [0.717, 1.165) is 22.6 Å². The Morgan fingerprint density at radius 1 is 1.00 bits per heavy atom.